The summed E-state index contributed by atoms with van der Waals surface area (Å²) in [4.78, 5) is 10.5. The van der Waals surface area contributed by atoms with Crippen LogP contribution in [0.3, 0.4) is 0 Å². The minimum atomic E-state index is -0.786. The number of aromatic nitrogens is 2. The van der Waals surface area contributed by atoms with Gasteiger partial charge in [-0.05, 0) is 43.9 Å². The van der Waals surface area contributed by atoms with E-state index in [2.05, 4.69) is 30.7 Å². The van der Waals surface area contributed by atoms with Crippen molar-refractivity contribution >= 4 is 12.2 Å². The second-order valence-electron chi connectivity index (χ2n) is 8.82. The van der Waals surface area contributed by atoms with Crippen LogP contribution >= 0.6 is 0 Å². The molecule has 10 heteroatoms. The Labute approximate surface area is 253 Å². The van der Waals surface area contributed by atoms with Crippen LogP contribution in [0.2, 0.25) is 0 Å². The quantitative estimate of drug-likeness (QED) is 0.300. The smallest absolute Gasteiger partial charge is 0.814 e. The molecule has 1 aromatic heterocycles. The molecule has 1 aliphatic carbocycles. The van der Waals surface area contributed by atoms with Gasteiger partial charge >= 0.3 is 37.7 Å². The van der Waals surface area contributed by atoms with Crippen molar-refractivity contribution in [2.45, 2.75) is 63.4 Å². The Hall–Kier alpha value is -1.23. The monoisotopic (exact) mass is 512 g/mol. The molecule has 2 aliphatic rings. The number of nitrogens with zero attached hydrogens (tertiary/aromatic N) is 4. The molecule has 0 radical (unpaired) electrons. The van der Waals surface area contributed by atoms with Crippen molar-refractivity contribution in [2.75, 3.05) is 24.6 Å². The summed E-state index contributed by atoms with van der Waals surface area (Å²) < 4.78 is 24.1. The van der Waals surface area contributed by atoms with Crippen molar-refractivity contribution < 1.29 is 51.6 Å². The van der Waals surface area contributed by atoms with Crippen LogP contribution in [0.15, 0.2) is 36.7 Å². The Morgan fingerprint density at radius 1 is 1.16 bits per heavy atom. The molecular formula is C28H41FLi2N5O2-3. The van der Waals surface area contributed by atoms with Crippen LogP contribution in [0.25, 0.3) is 5.41 Å². The van der Waals surface area contributed by atoms with Crippen LogP contribution < -0.4 is 48.4 Å². The molecule has 4 rings (SSSR count). The summed E-state index contributed by atoms with van der Waals surface area (Å²) in [5, 5.41) is 7.44. The maximum atomic E-state index is 13.0. The van der Waals surface area contributed by atoms with Gasteiger partial charge in [0.2, 0.25) is 5.95 Å². The van der Waals surface area contributed by atoms with Crippen LogP contribution in [0.5, 0.6) is 0 Å². The molecule has 2 aromatic rings. The van der Waals surface area contributed by atoms with E-state index in [-0.39, 0.29) is 62.9 Å². The predicted molar refractivity (Wildman–Crippen MR) is 146 cm³/mol. The summed E-state index contributed by atoms with van der Waals surface area (Å²) in [5.74, 6) is 0.279. The molecule has 0 spiro atoms. The van der Waals surface area contributed by atoms with E-state index in [9.17, 15) is 4.39 Å². The molecule has 1 aromatic carbocycles. The van der Waals surface area contributed by atoms with Crippen LogP contribution in [0.4, 0.5) is 10.3 Å². The van der Waals surface area contributed by atoms with Gasteiger partial charge in [0.15, 0.2) is 6.29 Å². The first-order valence-electron chi connectivity index (χ1n) is 12.0. The molecule has 1 saturated heterocycles. The molecular weight excluding hydrogens is 471 g/mol. The molecule has 1 aliphatic heterocycles. The molecule has 0 amide bonds. The first kappa shape index (κ1) is 38.9. The number of rotatable bonds is 7. The van der Waals surface area contributed by atoms with Crippen molar-refractivity contribution in [1.29, 1.82) is 0 Å². The summed E-state index contributed by atoms with van der Waals surface area (Å²) >= 11 is 0. The van der Waals surface area contributed by atoms with Gasteiger partial charge in [0.05, 0.1) is 5.54 Å². The van der Waals surface area contributed by atoms with Gasteiger partial charge in [0, 0.05) is 24.6 Å². The fourth-order valence-electron chi connectivity index (χ4n) is 3.37. The fraction of sp³-hybridized carbons (Fsp3) is 0.464. The Balaban J connectivity index is 0. The minimum Gasteiger partial charge on any atom is -0.814 e. The predicted octanol–water partition coefficient (Wildman–Crippen LogP) is -0.686. The van der Waals surface area contributed by atoms with Crippen molar-refractivity contribution in [2.24, 2.45) is 5.73 Å². The number of nitrogens with two attached hydrogens (primary N) is 1. The zero-order valence-electron chi connectivity index (χ0n) is 24.0. The number of hydrogen-bond acceptors (Lipinski definition) is 6. The number of anilines is 1. The summed E-state index contributed by atoms with van der Waals surface area (Å²) in [7, 11) is 0. The molecule has 7 nitrogen and oxygen atoms in total. The van der Waals surface area contributed by atoms with Crippen molar-refractivity contribution in [1.82, 2.24) is 9.97 Å². The third kappa shape index (κ3) is 12.3. The average Bonchev–Trinajstić information content (AvgIpc) is 3.58. The van der Waals surface area contributed by atoms with Gasteiger partial charge in [-0.2, -0.15) is 0 Å². The zero-order valence-corrected chi connectivity index (χ0v) is 24.0. The van der Waals surface area contributed by atoms with Gasteiger partial charge in [0.25, 0.3) is 0 Å². The Kier molecular flexibility index (Phi) is 19.4. The topological polar surface area (TPSA) is 95.8 Å². The molecule has 0 bridgehead atoms. The molecule has 2 N–H and O–H groups in total. The minimum absolute atomic E-state index is 0. The Morgan fingerprint density at radius 2 is 1.68 bits per heavy atom. The largest absolute Gasteiger partial charge is 1.00 e. The van der Waals surface area contributed by atoms with Gasteiger partial charge in [-0.15, -0.1) is 13.1 Å². The summed E-state index contributed by atoms with van der Waals surface area (Å²) in [6, 6.07) is 6.12. The van der Waals surface area contributed by atoms with E-state index in [1.165, 1.54) is 25.0 Å². The van der Waals surface area contributed by atoms with E-state index in [0.29, 0.717) is 19.0 Å². The SMILES string of the molecule is CC=[N-].[CH2-]C1(OC2CCCCO2)CC1.[CH2-]CN(C[CH2-])c1ncc([C@@](C)(N)c2ccc(F)cc2)cn1.[CH3-].[Li+].[Li+]. The van der Waals surface area contributed by atoms with E-state index in [0.717, 1.165) is 43.2 Å². The summed E-state index contributed by atoms with van der Waals surface area (Å²) in [5.41, 5.74) is 7.06. The van der Waals surface area contributed by atoms with Crippen LogP contribution in [-0.2, 0) is 15.0 Å². The van der Waals surface area contributed by atoms with E-state index in [4.69, 9.17) is 20.6 Å². The standard InChI is InChI=1S/C16H19FN4.C9H15O2.C2H4N.CH3.2Li/c1-4-21(5-2)15-19-10-13(11-20-15)16(3,18)12-6-8-14(17)9-7-12;1-9(5-6-9)11-8-4-2-3-7-10-8;1-2-3;;;/h6-11H,1-2,4-5,18H2,3H3;8H,1-7H2;2H,1H3;1H3;;/q-2;3*-1;2*+1/t16-;;;;;/m0...../s1. The Morgan fingerprint density at radius 3 is 2.11 bits per heavy atom. The Bertz CT molecular complexity index is 887. The summed E-state index contributed by atoms with van der Waals surface area (Å²) in [6.07, 6.45) is 10.1. The summed E-state index contributed by atoms with van der Waals surface area (Å²) in [6.45, 7) is 16.9. The average molecular weight is 513 g/mol. The van der Waals surface area contributed by atoms with Crippen LogP contribution in [0.1, 0.15) is 57.1 Å². The first-order valence-corrected chi connectivity index (χ1v) is 12.0. The number of hydrogen-bond donors (Lipinski definition) is 1. The molecule has 38 heavy (non-hydrogen) atoms. The van der Waals surface area contributed by atoms with E-state index in [1.807, 2.05) is 11.8 Å². The maximum absolute atomic E-state index is 13.0. The maximum Gasteiger partial charge on any atom is 1.00 e. The number of halogens is 1. The second-order valence-corrected chi connectivity index (χ2v) is 8.82. The number of ether oxygens (including phenoxy) is 2. The molecule has 1 saturated carbocycles. The van der Waals surface area contributed by atoms with Crippen molar-refractivity contribution in [3.05, 3.63) is 87.2 Å². The number of benzene rings is 1. The second kappa shape index (κ2) is 19.0. The van der Waals surface area contributed by atoms with Gasteiger partial charge in [0.1, 0.15) is 5.82 Å². The van der Waals surface area contributed by atoms with E-state index >= 15 is 0 Å². The first-order chi connectivity index (χ1) is 16.7. The van der Waals surface area contributed by atoms with Crippen molar-refractivity contribution in [3.8, 4) is 0 Å². The fourth-order valence-corrected chi connectivity index (χ4v) is 3.37. The zero-order chi connectivity index (χ0) is 25.9. The van der Waals surface area contributed by atoms with Gasteiger partial charge in [-0.3, -0.25) is 0 Å². The molecule has 2 heterocycles. The van der Waals surface area contributed by atoms with Crippen LogP contribution in [-0.4, -0.2) is 47.8 Å². The van der Waals surface area contributed by atoms with E-state index in [1.54, 1.807) is 31.5 Å². The van der Waals surface area contributed by atoms with Crippen molar-refractivity contribution in [3.63, 3.8) is 0 Å². The van der Waals surface area contributed by atoms with Gasteiger partial charge in [-0.1, -0.05) is 37.5 Å². The third-order valence-electron chi connectivity index (χ3n) is 5.83. The van der Waals surface area contributed by atoms with Crippen LogP contribution in [0, 0.1) is 34.0 Å². The van der Waals surface area contributed by atoms with Gasteiger partial charge in [-0.25, -0.2) is 20.6 Å². The van der Waals surface area contributed by atoms with E-state index < -0.39 is 5.54 Å². The molecule has 2 atom stereocenters. The molecule has 202 valence electrons. The third-order valence-corrected chi connectivity index (χ3v) is 5.83. The molecule has 1 unspecified atom stereocenters. The van der Waals surface area contributed by atoms with Gasteiger partial charge < -0.3 is 53.7 Å². The molecule has 2 fully saturated rings. The normalized spacial score (nSPS) is 18.1.